The summed E-state index contributed by atoms with van der Waals surface area (Å²) in [6.45, 7) is 0.285. The maximum atomic E-state index is 13.7. The van der Waals surface area contributed by atoms with Gasteiger partial charge in [0.05, 0.1) is 4.90 Å². The number of carbonyl (C=O) groups is 4. The summed E-state index contributed by atoms with van der Waals surface area (Å²) in [7, 11) is -4.28. The molecule has 1 saturated heterocycles. The molecular weight excluding hydrogens is 548 g/mol. The first kappa shape index (κ1) is 28.6. The van der Waals surface area contributed by atoms with Gasteiger partial charge < -0.3 is 20.7 Å². The van der Waals surface area contributed by atoms with E-state index in [9.17, 15) is 27.6 Å². The molecule has 0 aromatic heterocycles. The van der Waals surface area contributed by atoms with Crippen molar-refractivity contribution in [2.75, 3.05) is 6.54 Å². The zero-order valence-electron chi connectivity index (χ0n) is 22.6. The van der Waals surface area contributed by atoms with Crippen LogP contribution in [-0.4, -0.2) is 61.4 Å². The molecule has 2 aromatic rings. The van der Waals surface area contributed by atoms with Gasteiger partial charge in [0.15, 0.2) is 6.10 Å². The summed E-state index contributed by atoms with van der Waals surface area (Å²) in [5, 5.41) is 3.98. The van der Waals surface area contributed by atoms with Crippen molar-refractivity contribution in [3.05, 3.63) is 54.6 Å². The quantitative estimate of drug-likeness (QED) is 0.466. The summed E-state index contributed by atoms with van der Waals surface area (Å²) in [4.78, 5) is 53.4. The molecule has 2 heterocycles. The topological polar surface area (TPSA) is 165 Å². The van der Waals surface area contributed by atoms with E-state index in [-0.39, 0.29) is 24.3 Å². The smallest absolute Gasteiger partial charge is 0.405 e. The molecule has 12 heteroatoms. The highest BCUT2D eigenvalue weighted by atomic mass is 32.2. The van der Waals surface area contributed by atoms with Crippen molar-refractivity contribution in [3.8, 4) is 0 Å². The number of hydrogen-bond acceptors (Lipinski definition) is 7. The molecule has 5 rings (SSSR count). The molecule has 0 bridgehead atoms. The average molecular weight is 583 g/mol. The van der Waals surface area contributed by atoms with Crippen LogP contribution in [0.4, 0.5) is 4.79 Å². The Labute approximate surface area is 238 Å². The number of carbonyl (C=O) groups excluding carboxylic acids is 4. The number of benzene rings is 2. The van der Waals surface area contributed by atoms with Crippen LogP contribution < -0.4 is 15.8 Å². The first-order chi connectivity index (χ1) is 19.6. The van der Waals surface area contributed by atoms with Crippen LogP contribution in [0.25, 0.3) is 10.8 Å². The molecule has 4 amide bonds. The molecule has 2 aliphatic heterocycles. The largest absolute Gasteiger partial charge is 0.436 e. The van der Waals surface area contributed by atoms with Gasteiger partial charge in [-0.1, -0.05) is 55.0 Å². The fourth-order valence-corrected chi connectivity index (χ4v) is 7.14. The van der Waals surface area contributed by atoms with Gasteiger partial charge >= 0.3 is 6.09 Å². The molecule has 218 valence electrons. The SMILES string of the molecule is NC(=O)OC1CCCCC/C=C\C2CC2(C(=O)NS(=O)(=O)c2cccc3ccccc23)NC(=O)C2CCCN2C1=O. The molecule has 1 aliphatic carbocycles. The average Bonchev–Trinajstić information content (AvgIpc) is 3.40. The molecule has 3 aliphatic rings. The molecule has 2 aromatic carbocycles. The maximum Gasteiger partial charge on any atom is 0.405 e. The van der Waals surface area contributed by atoms with E-state index in [1.165, 1.54) is 11.0 Å². The van der Waals surface area contributed by atoms with E-state index in [0.717, 1.165) is 12.8 Å². The Balaban J connectivity index is 1.42. The van der Waals surface area contributed by atoms with Crippen molar-refractivity contribution < 1.29 is 32.3 Å². The van der Waals surface area contributed by atoms with Crippen molar-refractivity contribution in [2.45, 2.75) is 73.9 Å². The summed E-state index contributed by atoms with van der Waals surface area (Å²) >= 11 is 0. The van der Waals surface area contributed by atoms with E-state index < -0.39 is 57.4 Å². The van der Waals surface area contributed by atoms with Gasteiger partial charge in [-0.15, -0.1) is 0 Å². The van der Waals surface area contributed by atoms with Crippen LogP contribution in [0.3, 0.4) is 0 Å². The number of sulfonamides is 1. The van der Waals surface area contributed by atoms with Crippen LogP contribution in [0.2, 0.25) is 0 Å². The van der Waals surface area contributed by atoms with E-state index in [1.54, 1.807) is 36.4 Å². The summed E-state index contributed by atoms with van der Waals surface area (Å²) < 4.78 is 34.2. The van der Waals surface area contributed by atoms with Gasteiger partial charge in [0.1, 0.15) is 11.6 Å². The Morgan fingerprint density at radius 2 is 1.80 bits per heavy atom. The lowest BCUT2D eigenvalue weighted by Gasteiger charge is -2.29. The number of nitrogens with zero attached hydrogens (tertiary/aromatic N) is 1. The number of nitrogens with two attached hydrogens (primary N) is 1. The minimum Gasteiger partial charge on any atom is -0.436 e. The number of nitrogens with one attached hydrogen (secondary N) is 2. The summed E-state index contributed by atoms with van der Waals surface area (Å²) in [6.07, 6.45) is 5.92. The second-order valence-electron chi connectivity index (χ2n) is 10.9. The van der Waals surface area contributed by atoms with E-state index in [1.807, 2.05) is 12.2 Å². The Morgan fingerprint density at radius 3 is 2.61 bits per heavy atom. The van der Waals surface area contributed by atoms with E-state index in [2.05, 4.69) is 10.0 Å². The van der Waals surface area contributed by atoms with Crippen LogP contribution in [0.1, 0.15) is 51.4 Å². The predicted octanol–water partition coefficient (Wildman–Crippen LogP) is 2.49. The van der Waals surface area contributed by atoms with Gasteiger partial charge in [-0.3, -0.25) is 14.4 Å². The molecule has 0 spiro atoms. The molecule has 1 saturated carbocycles. The molecule has 4 unspecified atom stereocenters. The highest BCUT2D eigenvalue weighted by molar-refractivity contribution is 7.90. The van der Waals surface area contributed by atoms with Crippen molar-refractivity contribution in [3.63, 3.8) is 0 Å². The third-order valence-electron chi connectivity index (χ3n) is 8.11. The third-order valence-corrected chi connectivity index (χ3v) is 9.50. The third kappa shape index (κ3) is 5.92. The summed E-state index contributed by atoms with van der Waals surface area (Å²) in [6, 6.07) is 10.9. The van der Waals surface area contributed by atoms with Gasteiger partial charge in [0.2, 0.25) is 5.91 Å². The molecule has 0 radical (unpaired) electrons. The summed E-state index contributed by atoms with van der Waals surface area (Å²) in [5.74, 6) is -2.30. The lowest BCUT2D eigenvalue weighted by Crippen LogP contribution is -2.57. The Morgan fingerprint density at radius 1 is 1.02 bits per heavy atom. The lowest BCUT2D eigenvalue weighted by molar-refractivity contribution is -0.146. The number of fused-ring (bicyclic) bond motifs is 3. The number of rotatable bonds is 4. The highest BCUT2D eigenvalue weighted by Gasteiger charge is 2.61. The second-order valence-corrected chi connectivity index (χ2v) is 12.5. The second kappa shape index (κ2) is 11.5. The van der Waals surface area contributed by atoms with Gasteiger partial charge in [-0.05, 0) is 56.4 Å². The van der Waals surface area contributed by atoms with Crippen LogP contribution in [0, 0.1) is 5.92 Å². The number of hydrogen-bond donors (Lipinski definition) is 3. The number of ether oxygens (including phenoxy) is 1. The zero-order chi connectivity index (χ0) is 29.2. The van der Waals surface area contributed by atoms with E-state index >= 15 is 0 Å². The maximum absolute atomic E-state index is 13.7. The van der Waals surface area contributed by atoms with Crippen molar-refractivity contribution in [2.24, 2.45) is 11.7 Å². The zero-order valence-corrected chi connectivity index (χ0v) is 23.4. The monoisotopic (exact) mass is 582 g/mol. The van der Waals surface area contributed by atoms with Crippen LogP contribution in [0.5, 0.6) is 0 Å². The minimum atomic E-state index is -4.28. The van der Waals surface area contributed by atoms with E-state index in [0.29, 0.717) is 36.5 Å². The van der Waals surface area contributed by atoms with Gasteiger partial charge in [-0.25, -0.2) is 17.9 Å². The number of amides is 4. The molecule has 4 N–H and O–H groups in total. The Kier molecular flexibility index (Phi) is 8.03. The van der Waals surface area contributed by atoms with Crippen molar-refractivity contribution in [1.82, 2.24) is 14.9 Å². The standard InChI is InChI=1S/C29H34N4O7S/c30-28(37)40-23-15-5-3-1-2-4-12-20-18-29(20,31-25(34)22-14-9-17-33(22)26(23)35)27(36)32-41(38,39)24-16-8-11-19-10-6-7-13-21(19)24/h4,6-8,10-13,16,20,22-23H,1-3,5,9,14-15,17-18H2,(H2,30,37)(H,31,34)(H,32,36)/b12-4-. The molecule has 11 nitrogen and oxygen atoms in total. The first-order valence-electron chi connectivity index (χ1n) is 13.9. The molecular formula is C29H34N4O7S. The molecule has 4 atom stereocenters. The van der Waals surface area contributed by atoms with Crippen molar-refractivity contribution in [1.29, 1.82) is 0 Å². The molecule has 2 fully saturated rings. The first-order valence-corrected chi connectivity index (χ1v) is 15.4. The Bertz CT molecular complexity index is 1500. The minimum absolute atomic E-state index is 0.0374. The fraction of sp³-hybridized carbons (Fsp3) is 0.448. The predicted molar refractivity (Wildman–Crippen MR) is 150 cm³/mol. The normalized spacial score (nSPS) is 27.9. The van der Waals surface area contributed by atoms with Crippen LogP contribution in [-0.2, 0) is 29.1 Å². The lowest BCUT2D eigenvalue weighted by atomic mass is 10.1. The molecule has 41 heavy (non-hydrogen) atoms. The fourth-order valence-electron chi connectivity index (χ4n) is 5.87. The van der Waals surface area contributed by atoms with Crippen LogP contribution >= 0.6 is 0 Å². The van der Waals surface area contributed by atoms with Gasteiger partial charge in [0, 0.05) is 17.8 Å². The number of allylic oxidation sites excluding steroid dienone is 1. The van der Waals surface area contributed by atoms with Crippen LogP contribution in [0.15, 0.2) is 59.5 Å². The van der Waals surface area contributed by atoms with Crippen molar-refractivity contribution >= 4 is 44.6 Å². The number of primary amides is 1. The summed E-state index contributed by atoms with van der Waals surface area (Å²) in [5.41, 5.74) is 3.74. The van der Waals surface area contributed by atoms with E-state index in [4.69, 9.17) is 10.5 Å². The van der Waals surface area contributed by atoms with Gasteiger partial charge in [-0.2, -0.15) is 0 Å². The Hall–Kier alpha value is -3.93. The van der Waals surface area contributed by atoms with Gasteiger partial charge in [0.25, 0.3) is 21.8 Å². The highest BCUT2D eigenvalue weighted by Crippen LogP contribution is 2.46.